The molecular weight excluding hydrogens is 250 g/mol. The highest BCUT2D eigenvalue weighted by Gasteiger charge is 2.26. The molecule has 2 heterocycles. The number of hydrogen-bond acceptors (Lipinski definition) is 4. The molecule has 1 aromatic heterocycles. The molecule has 2 unspecified atom stereocenters. The van der Waals surface area contributed by atoms with Crippen LogP contribution in [0, 0.1) is 5.92 Å². The van der Waals surface area contributed by atoms with E-state index in [2.05, 4.69) is 42.0 Å². The van der Waals surface area contributed by atoms with E-state index in [4.69, 9.17) is 4.74 Å². The van der Waals surface area contributed by atoms with Crippen molar-refractivity contribution in [2.75, 3.05) is 20.2 Å². The first kappa shape index (κ1) is 15.3. The summed E-state index contributed by atoms with van der Waals surface area (Å²) in [6.07, 6.45) is 3.01. The van der Waals surface area contributed by atoms with Crippen molar-refractivity contribution in [3.05, 3.63) is 23.9 Å². The van der Waals surface area contributed by atoms with Gasteiger partial charge in [-0.25, -0.2) is 4.98 Å². The van der Waals surface area contributed by atoms with E-state index in [1.165, 1.54) is 12.0 Å². The normalized spacial score (nSPS) is 24.1. The maximum atomic E-state index is 5.36. The Balaban J connectivity index is 2.02. The molecule has 1 aliphatic rings. The molecule has 1 N–H and O–H groups in total. The fourth-order valence-electron chi connectivity index (χ4n) is 2.89. The number of methoxy groups -OCH3 is 1. The number of ether oxygens (including phenoxy) is 1. The molecule has 1 aliphatic heterocycles. The zero-order chi connectivity index (χ0) is 14.5. The topological polar surface area (TPSA) is 37.4 Å². The summed E-state index contributed by atoms with van der Waals surface area (Å²) in [4.78, 5) is 6.82. The summed E-state index contributed by atoms with van der Waals surface area (Å²) in [5, 5.41) is 3.66. The molecule has 4 nitrogen and oxygen atoms in total. The van der Waals surface area contributed by atoms with Crippen LogP contribution in [0.3, 0.4) is 0 Å². The lowest BCUT2D eigenvalue weighted by Gasteiger charge is -2.39. The number of hydrogen-bond donors (Lipinski definition) is 1. The van der Waals surface area contributed by atoms with E-state index < -0.39 is 0 Å². The third kappa shape index (κ3) is 3.93. The van der Waals surface area contributed by atoms with Crippen LogP contribution in [0.5, 0.6) is 5.88 Å². The van der Waals surface area contributed by atoms with Crippen LogP contribution in [0.2, 0.25) is 0 Å². The van der Waals surface area contributed by atoms with Gasteiger partial charge < -0.3 is 10.1 Å². The van der Waals surface area contributed by atoms with Gasteiger partial charge in [-0.15, -0.1) is 0 Å². The van der Waals surface area contributed by atoms with Crippen LogP contribution in [0.4, 0.5) is 0 Å². The summed E-state index contributed by atoms with van der Waals surface area (Å²) >= 11 is 0. The van der Waals surface area contributed by atoms with E-state index in [0.717, 1.165) is 31.4 Å². The lowest BCUT2D eigenvalue weighted by atomic mass is 10.00. The Morgan fingerprint density at radius 3 is 3.00 bits per heavy atom. The molecule has 20 heavy (non-hydrogen) atoms. The average molecular weight is 277 g/mol. The van der Waals surface area contributed by atoms with Crippen LogP contribution in [0.15, 0.2) is 18.3 Å². The number of piperazine rings is 1. The molecular formula is C16H27N3O. The van der Waals surface area contributed by atoms with Gasteiger partial charge in [0.1, 0.15) is 0 Å². The van der Waals surface area contributed by atoms with E-state index >= 15 is 0 Å². The highest BCUT2D eigenvalue weighted by atomic mass is 16.5. The van der Waals surface area contributed by atoms with Crippen LogP contribution in [-0.2, 0) is 6.54 Å². The van der Waals surface area contributed by atoms with E-state index in [1.807, 2.05) is 6.07 Å². The van der Waals surface area contributed by atoms with Crippen molar-refractivity contribution in [1.29, 1.82) is 0 Å². The fraction of sp³-hybridized carbons (Fsp3) is 0.688. The number of pyridine rings is 1. The van der Waals surface area contributed by atoms with Gasteiger partial charge in [-0.3, -0.25) is 4.90 Å². The minimum absolute atomic E-state index is 0.545. The zero-order valence-electron chi connectivity index (χ0n) is 13.1. The second-order valence-corrected chi connectivity index (χ2v) is 6.18. The van der Waals surface area contributed by atoms with Gasteiger partial charge in [0.2, 0.25) is 5.88 Å². The summed E-state index contributed by atoms with van der Waals surface area (Å²) < 4.78 is 5.36. The maximum Gasteiger partial charge on any atom is 0.217 e. The summed E-state index contributed by atoms with van der Waals surface area (Å²) in [6, 6.07) is 5.23. The molecule has 1 saturated heterocycles. The second-order valence-electron chi connectivity index (χ2n) is 6.18. The summed E-state index contributed by atoms with van der Waals surface area (Å²) in [7, 11) is 1.69. The molecule has 1 fully saturated rings. The van der Waals surface area contributed by atoms with Crippen molar-refractivity contribution in [2.24, 2.45) is 5.92 Å². The molecule has 2 rings (SSSR count). The van der Waals surface area contributed by atoms with Gasteiger partial charge >= 0.3 is 0 Å². The number of nitrogens with one attached hydrogen (secondary N) is 1. The molecule has 4 heteroatoms. The average Bonchev–Trinajstić information content (AvgIpc) is 2.42. The van der Waals surface area contributed by atoms with Crippen molar-refractivity contribution in [3.63, 3.8) is 0 Å². The number of rotatable bonds is 5. The van der Waals surface area contributed by atoms with Crippen molar-refractivity contribution in [3.8, 4) is 5.88 Å². The highest BCUT2D eigenvalue weighted by Crippen LogP contribution is 2.20. The molecule has 0 radical (unpaired) electrons. The standard InChI is InChI=1S/C16H27N3O/c1-12(2)8-15-11-19(13(3)9-18-15)10-14-6-5-7-17-16(14)20-4/h5-7,12-13,15,18H,8-11H2,1-4H3. The molecule has 112 valence electrons. The van der Waals surface area contributed by atoms with Gasteiger partial charge in [0, 0.05) is 43.5 Å². The monoisotopic (exact) mass is 277 g/mol. The molecule has 1 aromatic rings. The highest BCUT2D eigenvalue weighted by molar-refractivity contribution is 5.25. The van der Waals surface area contributed by atoms with Crippen molar-refractivity contribution < 1.29 is 4.74 Å². The van der Waals surface area contributed by atoms with E-state index in [-0.39, 0.29) is 0 Å². The Bertz CT molecular complexity index is 422. The minimum Gasteiger partial charge on any atom is -0.481 e. The SMILES string of the molecule is COc1ncccc1CN1CC(CC(C)C)NCC1C. The Labute approximate surface area is 122 Å². The van der Waals surface area contributed by atoms with Crippen molar-refractivity contribution >= 4 is 0 Å². The third-order valence-corrected chi connectivity index (χ3v) is 3.95. The molecule has 0 amide bonds. The van der Waals surface area contributed by atoms with Crippen LogP contribution < -0.4 is 10.1 Å². The summed E-state index contributed by atoms with van der Waals surface area (Å²) in [5.74, 6) is 1.48. The molecule has 0 spiro atoms. The van der Waals surface area contributed by atoms with Crippen LogP contribution >= 0.6 is 0 Å². The van der Waals surface area contributed by atoms with Crippen LogP contribution in [0.1, 0.15) is 32.8 Å². The van der Waals surface area contributed by atoms with Crippen molar-refractivity contribution in [2.45, 2.75) is 45.8 Å². The largest absolute Gasteiger partial charge is 0.481 e. The third-order valence-electron chi connectivity index (χ3n) is 3.95. The zero-order valence-corrected chi connectivity index (χ0v) is 13.1. The Hall–Kier alpha value is -1.13. The predicted molar refractivity (Wildman–Crippen MR) is 81.9 cm³/mol. The van der Waals surface area contributed by atoms with Gasteiger partial charge in [-0.1, -0.05) is 19.9 Å². The molecule has 0 aromatic carbocycles. The Morgan fingerprint density at radius 2 is 2.30 bits per heavy atom. The van der Waals surface area contributed by atoms with Crippen molar-refractivity contribution in [1.82, 2.24) is 15.2 Å². The first-order chi connectivity index (χ1) is 9.60. The number of aromatic nitrogens is 1. The Kier molecular flexibility index (Phi) is 5.38. The van der Waals surface area contributed by atoms with Crippen LogP contribution in [-0.4, -0.2) is 42.2 Å². The Morgan fingerprint density at radius 1 is 1.50 bits per heavy atom. The smallest absolute Gasteiger partial charge is 0.217 e. The van der Waals surface area contributed by atoms with E-state index in [1.54, 1.807) is 13.3 Å². The lowest BCUT2D eigenvalue weighted by molar-refractivity contribution is 0.123. The number of nitrogens with zero attached hydrogens (tertiary/aromatic N) is 2. The first-order valence-electron chi connectivity index (χ1n) is 7.55. The van der Waals surface area contributed by atoms with Gasteiger partial charge in [0.25, 0.3) is 0 Å². The van der Waals surface area contributed by atoms with Gasteiger partial charge in [0.15, 0.2) is 0 Å². The fourth-order valence-corrected chi connectivity index (χ4v) is 2.89. The molecule has 0 saturated carbocycles. The van der Waals surface area contributed by atoms with Gasteiger partial charge in [-0.05, 0) is 25.3 Å². The predicted octanol–water partition coefficient (Wildman–Crippen LogP) is 2.30. The molecule has 2 atom stereocenters. The van der Waals surface area contributed by atoms with E-state index in [0.29, 0.717) is 12.1 Å². The quantitative estimate of drug-likeness (QED) is 0.896. The van der Waals surface area contributed by atoms with Gasteiger partial charge in [-0.2, -0.15) is 0 Å². The van der Waals surface area contributed by atoms with E-state index in [9.17, 15) is 0 Å². The molecule has 0 bridgehead atoms. The summed E-state index contributed by atoms with van der Waals surface area (Å²) in [5.41, 5.74) is 1.17. The second kappa shape index (κ2) is 7.04. The van der Waals surface area contributed by atoms with Gasteiger partial charge in [0.05, 0.1) is 7.11 Å². The first-order valence-corrected chi connectivity index (χ1v) is 7.55. The van der Waals surface area contributed by atoms with Crippen LogP contribution in [0.25, 0.3) is 0 Å². The lowest BCUT2D eigenvalue weighted by Crippen LogP contribution is -2.55. The maximum absolute atomic E-state index is 5.36. The summed E-state index contributed by atoms with van der Waals surface area (Å²) in [6.45, 7) is 9.91. The molecule has 0 aliphatic carbocycles. The minimum atomic E-state index is 0.545.